The molecule has 0 aliphatic carbocycles. The summed E-state index contributed by atoms with van der Waals surface area (Å²) in [6, 6.07) is 31.4. The fraction of sp³-hybridized carbons (Fsp3) is 0.278. The van der Waals surface area contributed by atoms with E-state index in [-0.39, 0.29) is 0 Å². The maximum Gasteiger partial charge on any atom is 0.433 e. The van der Waals surface area contributed by atoms with Crippen molar-refractivity contribution >= 4 is 34.9 Å². The van der Waals surface area contributed by atoms with Crippen molar-refractivity contribution in [1.82, 2.24) is 0 Å². The van der Waals surface area contributed by atoms with Gasteiger partial charge < -0.3 is 9.47 Å². The molecule has 1 aliphatic rings. The molecule has 0 radical (unpaired) electrons. The summed E-state index contributed by atoms with van der Waals surface area (Å²) in [5.74, 6) is 0. The third-order valence-electron chi connectivity index (χ3n) is 6.64. The summed E-state index contributed by atoms with van der Waals surface area (Å²) in [6.07, 6.45) is 0.178. The van der Waals surface area contributed by atoms with Crippen molar-refractivity contribution in [2.45, 2.75) is 65.6 Å². The molecule has 2 N–H and O–H groups in total. The molecule has 0 saturated heterocycles. The molecule has 8 heteroatoms. The second kappa shape index (κ2) is 12.3. The molecular formula is C36H40N4O4. The van der Waals surface area contributed by atoms with Crippen LogP contribution in [0.1, 0.15) is 63.8 Å². The lowest BCUT2D eigenvalue weighted by Gasteiger charge is -2.29. The Balaban J connectivity index is 1.61. The van der Waals surface area contributed by atoms with Gasteiger partial charge in [-0.3, -0.25) is 10.9 Å². The zero-order chi connectivity index (χ0) is 31.5. The van der Waals surface area contributed by atoms with Crippen LogP contribution in [-0.2, 0) is 22.3 Å². The molecule has 8 bridgehead atoms. The molecular weight excluding hydrogens is 552 g/mol. The predicted molar refractivity (Wildman–Crippen MR) is 176 cm³/mol. The number of fused-ring (bicyclic) bond motifs is 8. The molecule has 228 valence electrons. The zero-order valence-corrected chi connectivity index (χ0v) is 26.2. The summed E-state index contributed by atoms with van der Waals surface area (Å²) in [7, 11) is 0. The molecule has 44 heavy (non-hydrogen) atoms. The van der Waals surface area contributed by atoms with Crippen molar-refractivity contribution in [2.75, 3.05) is 20.9 Å². The highest BCUT2D eigenvalue weighted by molar-refractivity contribution is 5.91. The van der Waals surface area contributed by atoms with Crippen molar-refractivity contribution in [2.24, 2.45) is 0 Å². The molecule has 4 aromatic rings. The molecule has 8 nitrogen and oxygen atoms in total. The monoisotopic (exact) mass is 592 g/mol. The first-order valence-electron chi connectivity index (χ1n) is 14.8. The minimum absolute atomic E-state index is 0.511. The lowest BCUT2D eigenvalue weighted by atomic mass is 10.0. The van der Waals surface area contributed by atoms with Gasteiger partial charge in [-0.2, -0.15) is 10.0 Å². The second-order valence-electron chi connectivity index (χ2n) is 12.9. The summed E-state index contributed by atoms with van der Waals surface area (Å²) in [5.41, 5.74) is 12.1. The highest BCUT2D eigenvalue weighted by atomic mass is 16.6. The van der Waals surface area contributed by atoms with Crippen molar-refractivity contribution in [3.8, 4) is 0 Å². The number of hydrogen-bond acceptors (Lipinski definition) is 6. The summed E-state index contributed by atoms with van der Waals surface area (Å²) in [5, 5.41) is 2.89. The highest BCUT2D eigenvalue weighted by Gasteiger charge is 2.26. The van der Waals surface area contributed by atoms with Gasteiger partial charge in [0.2, 0.25) is 0 Å². The van der Waals surface area contributed by atoms with Gasteiger partial charge in [0.25, 0.3) is 0 Å². The number of carbonyl (C=O) groups excluding carboxylic acids is 2. The van der Waals surface area contributed by atoms with E-state index in [1.54, 1.807) is 0 Å². The minimum atomic E-state index is -0.677. The van der Waals surface area contributed by atoms with E-state index in [0.29, 0.717) is 24.2 Å². The topological polar surface area (TPSA) is 83.1 Å². The van der Waals surface area contributed by atoms with Crippen LogP contribution in [0.3, 0.4) is 0 Å². The Bertz CT molecular complexity index is 1530. The van der Waals surface area contributed by atoms with E-state index in [0.717, 1.165) is 33.6 Å². The van der Waals surface area contributed by atoms with Gasteiger partial charge in [0.15, 0.2) is 0 Å². The summed E-state index contributed by atoms with van der Waals surface area (Å²) in [4.78, 5) is 27.0. The quantitative estimate of drug-likeness (QED) is 0.212. The van der Waals surface area contributed by atoms with Crippen LogP contribution in [0.4, 0.5) is 32.3 Å². The summed E-state index contributed by atoms with van der Waals surface area (Å²) < 4.78 is 11.6. The molecule has 0 unspecified atom stereocenters. The lowest BCUT2D eigenvalue weighted by molar-refractivity contribution is 0.0578. The first kappa shape index (κ1) is 30.5. The van der Waals surface area contributed by atoms with Crippen molar-refractivity contribution < 1.29 is 19.1 Å². The highest BCUT2D eigenvalue weighted by Crippen LogP contribution is 2.27. The molecule has 0 fully saturated rings. The largest absolute Gasteiger partial charge is 0.442 e. The number of rotatable bonds is 0. The molecule has 5 rings (SSSR count). The fourth-order valence-electron chi connectivity index (χ4n) is 4.89. The molecule has 0 spiro atoms. The number of nitrogens with zero attached hydrogens (tertiary/aromatic N) is 2. The van der Waals surface area contributed by atoms with Gasteiger partial charge in [-0.15, -0.1) is 0 Å². The summed E-state index contributed by atoms with van der Waals surface area (Å²) >= 11 is 0. The first-order valence-corrected chi connectivity index (χ1v) is 14.8. The molecule has 2 amide bonds. The van der Waals surface area contributed by atoms with Gasteiger partial charge in [-0.25, -0.2) is 9.59 Å². The Morgan fingerprint density at radius 2 is 0.886 bits per heavy atom. The Hall–Kier alpha value is -4.98. The smallest absolute Gasteiger partial charge is 0.433 e. The minimum Gasteiger partial charge on any atom is -0.442 e. The van der Waals surface area contributed by atoms with Gasteiger partial charge >= 0.3 is 12.2 Å². The van der Waals surface area contributed by atoms with E-state index in [1.807, 2.05) is 139 Å². The number of hydrazine groups is 2. The average Bonchev–Trinajstić information content (AvgIpc) is 2.93. The normalized spacial score (nSPS) is 13.5. The van der Waals surface area contributed by atoms with Crippen LogP contribution in [0.2, 0.25) is 0 Å². The number of anilines is 4. The Morgan fingerprint density at radius 1 is 0.545 bits per heavy atom. The molecule has 1 aliphatic heterocycles. The van der Waals surface area contributed by atoms with E-state index >= 15 is 0 Å². The number of hydrogen-bond donors (Lipinski definition) is 2. The van der Waals surface area contributed by atoms with Crippen LogP contribution >= 0.6 is 0 Å². The van der Waals surface area contributed by atoms with Gasteiger partial charge in [-0.05, 0) is 125 Å². The third-order valence-corrected chi connectivity index (χ3v) is 6.64. The van der Waals surface area contributed by atoms with Crippen LogP contribution in [-0.4, -0.2) is 23.4 Å². The van der Waals surface area contributed by atoms with Crippen LogP contribution < -0.4 is 20.9 Å². The van der Waals surface area contributed by atoms with E-state index in [2.05, 4.69) is 10.9 Å². The van der Waals surface area contributed by atoms with Gasteiger partial charge in [-0.1, -0.05) is 48.5 Å². The lowest BCUT2D eigenvalue weighted by Crippen LogP contribution is -2.40. The molecule has 4 aromatic carbocycles. The van der Waals surface area contributed by atoms with E-state index in [4.69, 9.17) is 9.47 Å². The van der Waals surface area contributed by atoms with Crippen LogP contribution in [0.25, 0.3) is 0 Å². The van der Waals surface area contributed by atoms with Gasteiger partial charge in [0.05, 0.1) is 22.7 Å². The predicted octanol–water partition coefficient (Wildman–Crippen LogP) is 8.72. The third kappa shape index (κ3) is 8.10. The van der Waals surface area contributed by atoms with Crippen molar-refractivity contribution in [3.05, 3.63) is 119 Å². The number of nitrogens with one attached hydrogen (secondary N) is 2. The zero-order valence-electron chi connectivity index (χ0n) is 26.2. The Labute approximate surface area is 259 Å². The van der Waals surface area contributed by atoms with Crippen LogP contribution in [0.5, 0.6) is 0 Å². The first-order chi connectivity index (χ1) is 20.8. The molecule has 1 heterocycles. The number of carbonyl (C=O) groups is 2. The van der Waals surface area contributed by atoms with Crippen molar-refractivity contribution in [1.29, 1.82) is 0 Å². The van der Waals surface area contributed by atoms with Crippen molar-refractivity contribution in [3.63, 3.8) is 0 Å². The molecule has 0 saturated carbocycles. The van der Waals surface area contributed by atoms with Gasteiger partial charge in [0.1, 0.15) is 11.2 Å². The number of amides is 2. The molecule has 0 aromatic heterocycles. The van der Waals surface area contributed by atoms with E-state index in [9.17, 15) is 9.59 Å². The summed E-state index contributed by atoms with van der Waals surface area (Å²) in [6.45, 7) is 11.1. The number of ether oxygens (including phenoxy) is 2. The maximum atomic E-state index is 13.5. The second-order valence-corrected chi connectivity index (χ2v) is 12.9. The Kier molecular flexibility index (Phi) is 8.54. The van der Waals surface area contributed by atoms with E-state index in [1.165, 1.54) is 10.0 Å². The van der Waals surface area contributed by atoms with Crippen LogP contribution in [0.15, 0.2) is 97.1 Å². The fourth-order valence-corrected chi connectivity index (χ4v) is 4.89. The van der Waals surface area contributed by atoms with Gasteiger partial charge in [0, 0.05) is 0 Å². The molecule has 0 atom stereocenters. The average molecular weight is 593 g/mol. The SMILES string of the molecule is CC(C)(C)OC(=O)N1Nc2cccc(c2)Cc2cccc(c2)NN(C(=O)OC(C)(C)C)c2cccc(c2)Cc2cccc1c2. The number of benzene rings is 4. The van der Waals surface area contributed by atoms with E-state index < -0.39 is 23.4 Å². The van der Waals surface area contributed by atoms with Crippen LogP contribution in [0, 0.1) is 0 Å². The maximum absolute atomic E-state index is 13.5. The standard InChI is InChI=1S/C36H40N4O4/c1-35(2,3)43-33(41)39-31-17-9-13-27(23-31)20-28-14-10-18-32(24-28)40(34(42)44-36(4,5)6)38-30-16-8-12-26(22-30)19-25-11-7-15-29(21-25)37-39/h7-18,21-24,37-38H,19-20H2,1-6H3. The Morgan fingerprint density at radius 3 is 1.25 bits per heavy atom.